The minimum atomic E-state index is 0.423. The van der Waals surface area contributed by atoms with Gasteiger partial charge in [0.1, 0.15) is 11.5 Å². The van der Waals surface area contributed by atoms with Gasteiger partial charge in [-0.1, -0.05) is 6.07 Å². The third-order valence-electron chi connectivity index (χ3n) is 2.05. The maximum absolute atomic E-state index is 9.91. The Balaban J connectivity index is 2.82. The van der Waals surface area contributed by atoms with Crippen LogP contribution in [0.4, 0.5) is 0 Å². The normalized spacial score (nSPS) is 9.20. The molecule has 0 aliphatic carbocycles. The van der Waals surface area contributed by atoms with E-state index in [-0.39, 0.29) is 0 Å². The molecule has 1 aromatic carbocycles. The number of carbonyl (C=O) groups excluding carboxylic acids is 1. The standard InChI is InChI=1S/C11H13NO3/c1-14-10-4-3-9(5-6-12-8-13)11(7-10)15-2/h3-4,7H,5-6H2,1-2H3. The van der Waals surface area contributed by atoms with Crippen molar-refractivity contribution >= 4 is 6.08 Å². The molecule has 0 unspecified atom stereocenters. The van der Waals surface area contributed by atoms with Gasteiger partial charge in [-0.25, -0.2) is 9.79 Å². The summed E-state index contributed by atoms with van der Waals surface area (Å²) >= 11 is 0. The number of methoxy groups -OCH3 is 2. The van der Waals surface area contributed by atoms with Gasteiger partial charge in [-0.15, -0.1) is 0 Å². The third kappa shape index (κ3) is 3.11. The van der Waals surface area contributed by atoms with Crippen LogP contribution < -0.4 is 9.47 Å². The Morgan fingerprint density at radius 3 is 2.73 bits per heavy atom. The van der Waals surface area contributed by atoms with E-state index in [2.05, 4.69) is 4.99 Å². The van der Waals surface area contributed by atoms with Gasteiger partial charge in [0.15, 0.2) is 0 Å². The summed E-state index contributed by atoms with van der Waals surface area (Å²) in [5, 5.41) is 0. The number of benzene rings is 1. The molecule has 1 rings (SSSR count). The van der Waals surface area contributed by atoms with Crippen LogP contribution in [0.2, 0.25) is 0 Å². The molecule has 0 saturated heterocycles. The van der Waals surface area contributed by atoms with Crippen LogP contribution in [0.15, 0.2) is 23.2 Å². The number of nitrogens with zero attached hydrogens (tertiary/aromatic N) is 1. The summed E-state index contributed by atoms with van der Waals surface area (Å²) in [6.45, 7) is 0.423. The Morgan fingerprint density at radius 2 is 2.13 bits per heavy atom. The van der Waals surface area contributed by atoms with E-state index >= 15 is 0 Å². The Morgan fingerprint density at radius 1 is 1.33 bits per heavy atom. The zero-order valence-electron chi connectivity index (χ0n) is 8.82. The molecule has 0 aliphatic heterocycles. The first-order valence-corrected chi connectivity index (χ1v) is 4.56. The lowest BCUT2D eigenvalue weighted by Gasteiger charge is -2.08. The summed E-state index contributed by atoms with van der Waals surface area (Å²) in [5.74, 6) is 1.49. The molecule has 0 fully saturated rings. The van der Waals surface area contributed by atoms with Gasteiger partial charge in [0.2, 0.25) is 6.08 Å². The average molecular weight is 207 g/mol. The van der Waals surface area contributed by atoms with E-state index in [4.69, 9.17) is 9.47 Å². The third-order valence-corrected chi connectivity index (χ3v) is 2.05. The second kappa shape index (κ2) is 5.83. The lowest BCUT2D eigenvalue weighted by molar-refractivity contribution is 0.391. The first-order valence-electron chi connectivity index (χ1n) is 4.56. The summed E-state index contributed by atoms with van der Waals surface area (Å²) < 4.78 is 10.3. The highest BCUT2D eigenvalue weighted by Crippen LogP contribution is 2.24. The van der Waals surface area contributed by atoms with Crippen molar-refractivity contribution in [1.82, 2.24) is 0 Å². The number of isocyanates is 1. The van der Waals surface area contributed by atoms with Crippen molar-refractivity contribution in [3.63, 3.8) is 0 Å². The quantitative estimate of drug-likeness (QED) is 0.544. The van der Waals surface area contributed by atoms with Gasteiger partial charge in [0, 0.05) is 6.07 Å². The van der Waals surface area contributed by atoms with Crippen molar-refractivity contribution in [2.45, 2.75) is 6.42 Å². The highest BCUT2D eigenvalue weighted by Gasteiger charge is 2.03. The van der Waals surface area contributed by atoms with Gasteiger partial charge in [-0.3, -0.25) is 0 Å². The molecule has 4 nitrogen and oxygen atoms in total. The Bertz CT molecular complexity index is 370. The van der Waals surface area contributed by atoms with Crippen LogP contribution in [0.5, 0.6) is 11.5 Å². The van der Waals surface area contributed by atoms with E-state index in [1.807, 2.05) is 12.1 Å². The zero-order valence-corrected chi connectivity index (χ0v) is 8.82. The average Bonchev–Trinajstić information content (AvgIpc) is 2.29. The van der Waals surface area contributed by atoms with Crippen LogP contribution >= 0.6 is 0 Å². The summed E-state index contributed by atoms with van der Waals surface area (Å²) in [7, 11) is 3.20. The van der Waals surface area contributed by atoms with Gasteiger partial charge >= 0.3 is 0 Å². The molecule has 0 N–H and O–H groups in total. The largest absolute Gasteiger partial charge is 0.497 e. The van der Waals surface area contributed by atoms with Gasteiger partial charge in [0.05, 0.1) is 20.8 Å². The monoisotopic (exact) mass is 207 g/mol. The van der Waals surface area contributed by atoms with Gasteiger partial charge in [-0.2, -0.15) is 0 Å². The van der Waals surface area contributed by atoms with Crippen LogP contribution in [0, 0.1) is 0 Å². The number of rotatable bonds is 5. The maximum atomic E-state index is 9.91. The van der Waals surface area contributed by atoms with E-state index < -0.39 is 0 Å². The molecule has 0 radical (unpaired) electrons. The fourth-order valence-electron chi connectivity index (χ4n) is 1.28. The Kier molecular flexibility index (Phi) is 4.38. The van der Waals surface area contributed by atoms with Crippen LogP contribution in [-0.4, -0.2) is 26.8 Å². The molecule has 4 heteroatoms. The predicted molar refractivity (Wildman–Crippen MR) is 56.2 cm³/mol. The molecule has 0 spiro atoms. The topological polar surface area (TPSA) is 47.9 Å². The Labute approximate surface area is 88.5 Å². The molecule has 0 aliphatic rings. The maximum Gasteiger partial charge on any atom is 0.234 e. The first-order chi connectivity index (χ1) is 7.31. The van der Waals surface area contributed by atoms with E-state index in [9.17, 15) is 4.79 Å². The lowest BCUT2D eigenvalue weighted by Crippen LogP contribution is -1.95. The lowest BCUT2D eigenvalue weighted by atomic mass is 10.1. The number of hydrogen-bond acceptors (Lipinski definition) is 4. The van der Waals surface area contributed by atoms with Gasteiger partial charge in [0.25, 0.3) is 0 Å². The summed E-state index contributed by atoms with van der Waals surface area (Å²) in [6, 6.07) is 5.56. The highest BCUT2D eigenvalue weighted by molar-refractivity contribution is 5.41. The number of ether oxygens (including phenoxy) is 2. The van der Waals surface area contributed by atoms with Crippen LogP contribution in [-0.2, 0) is 11.2 Å². The van der Waals surface area contributed by atoms with Crippen molar-refractivity contribution in [3.8, 4) is 11.5 Å². The van der Waals surface area contributed by atoms with Crippen molar-refractivity contribution in [2.24, 2.45) is 4.99 Å². The fourth-order valence-corrected chi connectivity index (χ4v) is 1.28. The molecule has 15 heavy (non-hydrogen) atoms. The molecule has 0 bridgehead atoms. The van der Waals surface area contributed by atoms with Crippen LogP contribution in [0.25, 0.3) is 0 Å². The van der Waals surface area contributed by atoms with Crippen molar-refractivity contribution < 1.29 is 14.3 Å². The minimum Gasteiger partial charge on any atom is -0.497 e. The fraction of sp³-hybridized carbons (Fsp3) is 0.364. The summed E-state index contributed by atoms with van der Waals surface area (Å²) in [5.41, 5.74) is 0.998. The summed E-state index contributed by atoms with van der Waals surface area (Å²) in [4.78, 5) is 13.4. The first kappa shape index (κ1) is 11.3. The smallest absolute Gasteiger partial charge is 0.234 e. The van der Waals surface area contributed by atoms with Gasteiger partial charge in [-0.05, 0) is 18.1 Å². The molecule has 0 aromatic heterocycles. The number of hydrogen-bond donors (Lipinski definition) is 0. The van der Waals surface area contributed by atoms with E-state index in [1.54, 1.807) is 20.3 Å². The zero-order chi connectivity index (χ0) is 11.1. The predicted octanol–water partition coefficient (Wildman–Crippen LogP) is 1.58. The van der Waals surface area contributed by atoms with E-state index in [0.717, 1.165) is 17.1 Å². The molecule has 0 heterocycles. The van der Waals surface area contributed by atoms with Crippen molar-refractivity contribution in [3.05, 3.63) is 23.8 Å². The summed E-state index contributed by atoms with van der Waals surface area (Å²) in [6.07, 6.45) is 2.16. The SMILES string of the molecule is COc1ccc(CCN=C=O)c(OC)c1. The second-order valence-electron chi connectivity index (χ2n) is 2.90. The molecular weight excluding hydrogens is 194 g/mol. The van der Waals surface area contributed by atoms with Crippen LogP contribution in [0.1, 0.15) is 5.56 Å². The molecular formula is C11H13NO3. The van der Waals surface area contributed by atoms with Crippen molar-refractivity contribution in [1.29, 1.82) is 0 Å². The van der Waals surface area contributed by atoms with E-state index in [0.29, 0.717) is 13.0 Å². The second-order valence-corrected chi connectivity index (χ2v) is 2.90. The molecule has 0 saturated carbocycles. The minimum absolute atomic E-state index is 0.423. The Hall–Kier alpha value is -1.80. The van der Waals surface area contributed by atoms with E-state index in [1.165, 1.54) is 6.08 Å². The molecule has 0 atom stereocenters. The number of aliphatic imine (C=N–C) groups is 1. The molecule has 80 valence electrons. The molecule has 1 aromatic rings. The highest BCUT2D eigenvalue weighted by atomic mass is 16.5. The van der Waals surface area contributed by atoms with Crippen molar-refractivity contribution in [2.75, 3.05) is 20.8 Å². The van der Waals surface area contributed by atoms with Crippen LogP contribution in [0.3, 0.4) is 0 Å². The van der Waals surface area contributed by atoms with Gasteiger partial charge < -0.3 is 9.47 Å². The molecule has 0 amide bonds.